The summed E-state index contributed by atoms with van der Waals surface area (Å²) in [6.45, 7) is 1.73. The summed E-state index contributed by atoms with van der Waals surface area (Å²) in [5, 5.41) is 19.6. The summed E-state index contributed by atoms with van der Waals surface area (Å²) in [4.78, 5) is 2.48. The SMILES string of the molecule is Cl.Oc1ccc2c(c1)CN(C1CCC1)Cc1cc(O)ccc1-2. The molecule has 1 fully saturated rings. The Balaban J connectivity index is 0.00000144. The number of rotatable bonds is 1. The van der Waals surface area contributed by atoms with Gasteiger partial charge >= 0.3 is 0 Å². The molecule has 1 aliphatic carbocycles. The zero-order chi connectivity index (χ0) is 14.4. The standard InChI is InChI=1S/C18H19NO2.ClH/c20-15-4-6-17-12(8-15)10-19(14-2-1-3-14)11-13-9-16(21)5-7-18(13)17;/h4-9,14,20-21H,1-3,10-11H2;1H. The van der Waals surface area contributed by atoms with Gasteiger partial charge in [-0.1, -0.05) is 18.6 Å². The first-order valence-corrected chi connectivity index (χ1v) is 7.59. The Morgan fingerprint density at radius 1 is 0.818 bits per heavy atom. The maximum absolute atomic E-state index is 9.81. The summed E-state index contributed by atoms with van der Waals surface area (Å²) in [6.07, 6.45) is 3.81. The van der Waals surface area contributed by atoms with Gasteiger partial charge in [-0.15, -0.1) is 12.4 Å². The molecule has 4 heteroatoms. The lowest BCUT2D eigenvalue weighted by Crippen LogP contribution is -2.38. The van der Waals surface area contributed by atoms with Crippen molar-refractivity contribution in [2.45, 2.75) is 38.4 Å². The van der Waals surface area contributed by atoms with E-state index in [1.165, 1.54) is 41.5 Å². The van der Waals surface area contributed by atoms with Crippen LogP contribution >= 0.6 is 12.4 Å². The minimum Gasteiger partial charge on any atom is -0.508 e. The van der Waals surface area contributed by atoms with Crippen molar-refractivity contribution in [2.24, 2.45) is 0 Å². The van der Waals surface area contributed by atoms with E-state index >= 15 is 0 Å². The van der Waals surface area contributed by atoms with E-state index < -0.39 is 0 Å². The molecule has 0 atom stereocenters. The lowest BCUT2D eigenvalue weighted by molar-refractivity contribution is 0.113. The van der Waals surface area contributed by atoms with E-state index in [0.29, 0.717) is 17.5 Å². The second-order valence-corrected chi connectivity index (χ2v) is 6.17. The number of benzene rings is 2. The molecule has 1 heterocycles. The van der Waals surface area contributed by atoms with E-state index in [1.807, 2.05) is 24.3 Å². The fraction of sp³-hybridized carbons (Fsp3) is 0.333. The molecule has 0 unspecified atom stereocenters. The third kappa shape index (κ3) is 2.55. The van der Waals surface area contributed by atoms with Crippen molar-refractivity contribution in [3.8, 4) is 22.6 Å². The van der Waals surface area contributed by atoms with Crippen molar-refractivity contribution in [2.75, 3.05) is 0 Å². The van der Waals surface area contributed by atoms with Crippen molar-refractivity contribution in [1.82, 2.24) is 4.90 Å². The molecule has 4 rings (SSSR count). The van der Waals surface area contributed by atoms with Gasteiger partial charge in [0.1, 0.15) is 11.5 Å². The number of hydrogen-bond acceptors (Lipinski definition) is 3. The molecule has 1 aliphatic heterocycles. The summed E-state index contributed by atoms with van der Waals surface area (Å²) < 4.78 is 0. The van der Waals surface area contributed by atoms with Crippen molar-refractivity contribution in [1.29, 1.82) is 0 Å². The van der Waals surface area contributed by atoms with Crippen LogP contribution in [0, 0.1) is 0 Å². The molecular formula is C18H20ClNO2. The Labute approximate surface area is 136 Å². The van der Waals surface area contributed by atoms with E-state index in [-0.39, 0.29) is 12.4 Å². The number of aromatic hydroxyl groups is 2. The van der Waals surface area contributed by atoms with Gasteiger partial charge in [-0.3, -0.25) is 4.90 Å². The Morgan fingerprint density at radius 2 is 1.32 bits per heavy atom. The molecule has 2 aromatic carbocycles. The van der Waals surface area contributed by atoms with Crippen LogP contribution in [-0.4, -0.2) is 21.2 Å². The van der Waals surface area contributed by atoms with Gasteiger partial charge in [0.25, 0.3) is 0 Å². The molecule has 1 saturated carbocycles. The number of phenolic OH excluding ortho intramolecular Hbond substituents is 2. The summed E-state index contributed by atoms with van der Waals surface area (Å²) in [6, 6.07) is 11.9. The Bertz CT molecular complexity index is 644. The molecule has 0 bridgehead atoms. The van der Waals surface area contributed by atoms with E-state index in [2.05, 4.69) is 4.90 Å². The molecule has 2 aromatic rings. The van der Waals surface area contributed by atoms with Crippen LogP contribution in [0.1, 0.15) is 30.4 Å². The van der Waals surface area contributed by atoms with Gasteiger partial charge in [0, 0.05) is 19.1 Å². The lowest BCUT2D eigenvalue weighted by Gasteiger charge is -2.37. The first-order chi connectivity index (χ1) is 10.2. The fourth-order valence-corrected chi connectivity index (χ4v) is 3.45. The van der Waals surface area contributed by atoms with Crippen LogP contribution in [0.4, 0.5) is 0 Å². The minimum absolute atomic E-state index is 0. The number of halogens is 1. The molecular weight excluding hydrogens is 298 g/mol. The van der Waals surface area contributed by atoms with Crippen molar-refractivity contribution >= 4 is 12.4 Å². The maximum atomic E-state index is 9.81. The third-order valence-corrected chi connectivity index (χ3v) is 4.81. The minimum atomic E-state index is 0. The Kier molecular flexibility index (Phi) is 4.02. The number of hydrogen-bond donors (Lipinski definition) is 2. The van der Waals surface area contributed by atoms with Crippen LogP contribution in [0.25, 0.3) is 11.1 Å². The van der Waals surface area contributed by atoms with Gasteiger partial charge in [-0.25, -0.2) is 0 Å². The van der Waals surface area contributed by atoms with Crippen LogP contribution in [0.2, 0.25) is 0 Å². The number of nitrogens with zero attached hydrogens (tertiary/aromatic N) is 1. The normalized spacial score (nSPS) is 17.6. The zero-order valence-corrected chi connectivity index (χ0v) is 13.1. The first-order valence-electron chi connectivity index (χ1n) is 7.59. The molecule has 2 aliphatic rings. The number of fused-ring (bicyclic) bond motifs is 3. The second-order valence-electron chi connectivity index (χ2n) is 6.17. The Morgan fingerprint density at radius 3 is 1.73 bits per heavy atom. The van der Waals surface area contributed by atoms with Crippen LogP contribution in [-0.2, 0) is 13.1 Å². The van der Waals surface area contributed by atoms with Crippen molar-refractivity contribution in [3.63, 3.8) is 0 Å². The van der Waals surface area contributed by atoms with Crippen LogP contribution < -0.4 is 0 Å². The predicted octanol–water partition coefficient (Wildman–Crippen LogP) is 4.05. The highest BCUT2D eigenvalue weighted by Crippen LogP contribution is 2.38. The third-order valence-electron chi connectivity index (χ3n) is 4.81. The molecule has 0 aromatic heterocycles. The van der Waals surface area contributed by atoms with Gasteiger partial charge in [0.2, 0.25) is 0 Å². The average molecular weight is 318 g/mol. The maximum Gasteiger partial charge on any atom is 0.115 e. The summed E-state index contributed by atoms with van der Waals surface area (Å²) in [5.74, 6) is 0.647. The topological polar surface area (TPSA) is 43.7 Å². The van der Waals surface area contributed by atoms with E-state index in [1.54, 1.807) is 12.1 Å². The van der Waals surface area contributed by atoms with Crippen molar-refractivity contribution in [3.05, 3.63) is 47.5 Å². The van der Waals surface area contributed by atoms with Crippen molar-refractivity contribution < 1.29 is 10.2 Å². The summed E-state index contributed by atoms with van der Waals surface area (Å²) in [7, 11) is 0. The average Bonchev–Trinajstić information content (AvgIpc) is 2.52. The highest BCUT2D eigenvalue weighted by Gasteiger charge is 2.28. The van der Waals surface area contributed by atoms with Gasteiger partial charge in [-0.05, 0) is 59.4 Å². The summed E-state index contributed by atoms with van der Waals surface area (Å²) in [5.41, 5.74) is 4.69. The molecule has 0 spiro atoms. The Hall–Kier alpha value is -1.71. The number of phenols is 2. The fourth-order valence-electron chi connectivity index (χ4n) is 3.45. The molecule has 116 valence electrons. The predicted molar refractivity (Wildman–Crippen MR) is 89.3 cm³/mol. The highest BCUT2D eigenvalue weighted by atomic mass is 35.5. The second kappa shape index (κ2) is 5.82. The molecule has 3 nitrogen and oxygen atoms in total. The molecule has 2 N–H and O–H groups in total. The van der Waals surface area contributed by atoms with Gasteiger partial charge < -0.3 is 10.2 Å². The largest absolute Gasteiger partial charge is 0.508 e. The first kappa shape index (κ1) is 15.2. The van der Waals surface area contributed by atoms with Gasteiger partial charge in [0.05, 0.1) is 0 Å². The van der Waals surface area contributed by atoms with Gasteiger partial charge in [0.15, 0.2) is 0 Å². The zero-order valence-electron chi connectivity index (χ0n) is 12.3. The van der Waals surface area contributed by atoms with Crippen LogP contribution in [0.3, 0.4) is 0 Å². The quantitative estimate of drug-likeness (QED) is 0.833. The van der Waals surface area contributed by atoms with E-state index in [4.69, 9.17) is 0 Å². The van der Waals surface area contributed by atoms with Crippen LogP contribution in [0.15, 0.2) is 36.4 Å². The van der Waals surface area contributed by atoms with Crippen LogP contribution in [0.5, 0.6) is 11.5 Å². The monoisotopic (exact) mass is 317 g/mol. The smallest absolute Gasteiger partial charge is 0.115 e. The molecule has 0 amide bonds. The lowest BCUT2D eigenvalue weighted by atomic mass is 9.91. The molecule has 0 saturated heterocycles. The highest BCUT2D eigenvalue weighted by molar-refractivity contribution is 5.85. The molecule has 0 radical (unpaired) electrons. The van der Waals surface area contributed by atoms with Gasteiger partial charge in [-0.2, -0.15) is 0 Å². The van der Waals surface area contributed by atoms with E-state index in [9.17, 15) is 10.2 Å². The van der Waals surface area contributed by atoms with E-state index in [0.717, 1.165) is 13.1 Å². The summed E-state index contributed by atoms with van der Waals surface area (Å²) >= 11 is 0. The molecule has 22 heavy (non-hydrogen) atoms.